The number of methoxy groups -OCH3 is 1. The van der Waals surface area contributed by atoms with Crippen LogP contribution in [0.1, 0.15) is 10.4 Å². The zero-order chi connectivity index (χ0) is 12.6. The van der Waals surface area contributed by atoms with Gasteiger partial charge in [-0.05, 0) is 6.07 Å². The molecule has 16 heavy (non-hydrogen) atoms. The van der Waals surface area contributed by atoms with Crippen molar-refractivity contribution in [1.29, 1.82) is 0 Å². The second-order valence-electron chi connectivity index (χ2n) is 2.66. The van der Waals surface area contributed by atoms with Crippen LogP contribution in [0.15, 0.2) is 24.3 Å². The van der Waals surface area contributed by atoms with E-state index in [0.29, 0.717) is 0 Å². The summed E-state index contributed by atoms with van der Waals surface area (Å²) in [6, 6.07) is 5.31. The summed E-state index contributed by atoms with van der Waals surface area (Å²) >= 11 is 0. The van der Waals surface area contributed by atoms with E-state index in [1.54, 1.807) is 14.2 Å². The summed E-state index contributed by atoms with van der Waals surface area (Å²) in [7, 11) is 3.25. The number of nitro groups is 1. The van der Waals surface area contributed by atoms with Crippen molar-refractivity contribution in [2.45, 2.75) is 0 Å². The number of ether oxygens (including phenoxy) is 1. The first kappa shape index (κ1) is 13.9. The molecule has 1 rings (SSSR count). The lowest BCUT2D eigenvalue weighted by Gasteiger charge is -1.95. The molecule has 1 aromatic carbocycles. The maximum absolute atomic E-state index is 10.9. The third kappa shape index (κ3) is 3.97. The van der Waals surface area contributed by atoms with E-state index in [9.17, 15) is 19.7 Å². The van der Waals surface area contributed by atoms with E-state index in [-0.39, 0.29) is 17.5 Å². The van der Waals surface area contributed by atoms with Gasteiger partial charge in [-0.2, -0.15) is 0 Å². The molecule has 1 aromatic rings. The van der Waals surface area contributed by atoms with Crippen LogP contribution in [0.5, 0.6) is 0 Å². The number of carbonyl (C=O) groups excluding carboxylic acids is 2. The van der Waals surface area contributed by atoms with Crippen LogP contribution in [0, 0.1) is 10.1 Å². The number of aldehydes is 1. The minimum absolute atomic E-state index is 0.0579. The van der Waals surface area contributed by atoms with Crippen molar-refractivity contribution in [3.63, 3.8) is 0 Å². The Kier molecular flexibility index (Phi) is 6.30. The molecule has 6 heteroatoms. The van der Waals surface area contributed by atoms with Gasteiger partial charge in [0, 0.05) is 20.3 Å². The molecule has 0 heterocycles. The van der Waals surface area contributed by atoms with Crippen LogP contribution in [0.25, 0.3) is 0 Å². The van der Waals surface area contributed by atoms with Gasteiger partial charge in [0.05, 0.1) is 4.92 Å². The van der Waals surface area contributed by atoms with Gasteiger partial charge in [-0.15, -0.1) is 0 Å². The summed E-state index contributed by atoms with van der Waals surface area (Å²) in [6.45, 7) is 0. The number of para-hydroxylation sites is 1. The molecule has 0 aliphatic heterocycles. The molecule has 0 unspecified atom stereocenters. The average Bonchev–Trinajstić information content (AvgIpc) is 2.29. The van der Waals surface area contributed by atoms with Crippen molar-refractivity contribution in [3.8, 4) is 0 Å². The van der Waals surface area contributed by atoms with Gasteiger partial charge in [0.2, 0.25) is 5.78 Å². The largest absolute Gasteiger partial charge is 0.388 e. The number of hydrogen-bond donors (Lipinski definition) is 0. The fraction of sp³-hybridized carbons (Fsp3) is 0.200. The summed E-state index contributed by atoms with van der Waals surface area (Å²) in [5.41, 5.74) is -0.526. The van der Waals surface area contributed by atoms with Crippen LogP contribution in [0.2, 0.25) is 0 Å². The maximum atomic E-state index is 10.9. The predicted molar refractivity (Wildman–Crippen MR) is 56.4 cm³/mol. The minimum atomic E-state index is -0.882. The van der Waals surface area contributed by atoms with Crippen LogP contribution in [-0.4, -0.2) is 31.2 Å². The lowest BCUT2D eigenvalue weighted by molar-refractivity contribution is -0.385. The normalized spacial score (nSPS) is 8.62. The zero-order valence-corrected chi connectivity index (χ0v) is 8.88. The van der Waals surface area contributed by atoms with E-state index in [0.717, 1.165) is 0 Å². The van der Waals surface area contributed by atoms with E-state index < -0.39 is 10.7 Å². The van der Waals surface area contributed by atoms with Gasteiger partial charge in [-0.3, -0.25) is 19.7 Å². The Morgan fingerprint density at radius 2 is 1.88 bits per heavy atom. The monoisotopic (exact) mass is 225 g/mol. The maximum Gasteiger partial charge on any atom is 0.280 e. The molecule has 86 valence electrons. The Labute approximate surface area is 92.0 Å². The third-order valence-corrected chi connectivity index (χ3v) is 1.47. The molecule has 0 aliphatic carbocycles. The smallest absolute Gasteiger partial charge is 0.280 e. The molecule has 6 nitrogen and oxygen atoms in total. The van der Waals surface area contributed by atoms with Gasteiger partial charge in [0.15, 0.2) is 6.29 Å². The van der Waals surface area contributed by atoms with E-state index in [2.05, 4.69) is 4.74 Å². The molecular formula is C10H11NO5. The topological polar surface area (TPSA) is 86.5 Å². The van der Waals surface area contributed by atoms with Crippen LogP contribution < -0.4 is 0 Å². The lowest BCUT2D eigenvalue weighted by atomic mass is 10.1. The predicted octanol–water partition coefficient (Wildman–Crippen LogP) is 1.24. The Morgan fingerprint density at radius 3 is 2.31 bits per heavy atom. The summed E-state index contributed by atoms with van der Waals surface area (Å²) in [5, 5.41) is 10.4. The van der Waals surface area contributed by atoms with Gasteiger partial charge in [0.1, 0.15) is 5.56 Å². The fourth-order valence-electron chi connectivity index (χ4n) is 0.905. The first-order chi connectivity index (χ1) is 7.58. The highest BCUT2D eigenvalue weighted by Crippen LogP contribution is 2.17. The molecule has 0 aliphatic rings. The standard InChI is InChI=1S/C8H5NO4.C2H6O/c10-5-8(11)6-3-1-2-4-7(6)9(12)13;1-3-2/h1-5H;1-2H3. The van der Waals surface area contributed by atoms with Gasteiger partial charge < -0.3 is 4.74 Å². The first-order valence-corrected chi connectivity index (χ1v) is 4.21. The molecule has 0 N–H and O–H groups in total. The van der Waals surface area contributed by atoms with Crippen molar-refractivity contribution in [2.24, 2.45) is 0 Å². The van der Waals surface area contributed by atoms with Crippen molar-refractivity contribution in [1.82, 2.24) is 0 Å². The zero-order valence-electron chi connectivity index (χ0n) is 8.88. The molecule has 0 amide bonds. The summed E-state index contributed by atoms with van der Waals surface area (Å²) in [4.78, 5) is 30.7. The minimum Gasteiger partial charge on any atom is -0.388 e. The Hall–Kier alpha value is -2.08. The van der Waals surface area contributed by atoms with E-state index in [1.165, 1.54) is 24.3 Å². The van der Waals surface area contributed by atoms with Gasteiger partial charge in [-0.25, -0.2) is 0 Å². The molecule has 0 aromatic heterocycles. The molecule has 0 saturated carbocycles. The lowest BCUT2D eigenvalue weighted by Crippen LogP contribution is -2.04. The number of nitro benzene ring substituents is 1. The number of Topliss-reactive ketones (excluding diaryl/α,β-unsaturated/α-hetero) is 1. The summed E-state index contributed by atoms with van der Waals surface area (Å²) in [5.74, 6) is -0.882. The van der Waals surface area contributed by atoms with Crippen LogP contribution >= 0.6 is 0 Å². The third-order valence-electron chi connectivity index (χ3n) is 1.47. The van der Waals surface area contributed by atoms with Crippen LogP contribution in [0.4, 0.5) is 5.69 Å². The van der Waals surface area contributed by atoms with Crippen molar-refractivity contribution >= 4 is 17.8 Å². The van der Waals surface area contributed by atoms with Crippen molar-refractivity contribution < 1.29 is 19.2 Å². The second kappa shape index (κ2) is 7.24. The molecule has 0 fully saturated rings. The fourth-order valence-corrected chi connectivity index (χ4v) is 0.905. The second-order valence-corrected chi connectivity index (χ2v) is 2.66. The highest BCUT2D eigenvalue weighted by Gasteiger charge is 2.17. The average molecular weight is 225 g/mol. The van der Waals surface area contributed by atoms with E-state index in [1.807, 2.05) is 0 Å². The number of benzene rings is 1. The summed E-state index contributed by atoms with van der Waals surface area (Å²) in [6.07, 6.45) is 0.0579. The van der Waals surface area contributed by atoms with Crippen LogP contribution in [-0.2, 0) is 9.53 Å². The number of rotatable bonds is 3. The Morgan fingerprint density at radius 1 is 1.38 bits per heavy atom. The highest BCUT2D eigenvalue weighted by molar-refractivity contribution is 6.34. The van der Waals surface area contributed by atoms with Crippen molar-refractivity contribution in [3.05, 3.63) is 39.9 Å². The quantitative estimate of drug-likeness (QED) is 0.254. The van der Waals surface area contributed by atoms with Gasteiger partial charge in [-0.1, -0.05) is 12.1 Å². The Bertz CT molecular complexity index is 389. The SMILES string of the molecule is COC.O=CC(=O)c1ccccc1[N+](=O)[O-]. The molecular weight excluding hydrogens is 214 g/mol. The summed E-state index contributed by atoms with van der Waals surface area (Å²) < 4.78 is 4.25. The van der Waals surface area contributed by atoms with Crippen LogP contribution in [0.3, 0.4) is 0 Å². The number of ketones is 1. The van der Waals surface area contributed by atoms with Crippen molar-refractivity contribution in [2.75, 3.05) is 14.2 Å². The van der Waals surface area contributed by atoms with Gasteiger partial charge in [0.25, 0.3) is 5.69 Å². The first-order valence-electron chi connectivity index (χ1n) is 4.21. The number of hydrogen-bond acceptors (Lipinski definition) is 5. The van der Waals surface area contributed by atoms with Gasteiger partial charge >= 0.3 is 0 Å². The van der Waals surface area contributed by atoms with E-state index in [4.69, 9.17) is 0 Å². The number of nitrogens with zero attached hydrogens (tertiary/aromatic N) is 1. The number of carbonyl (C=O) groups is 2. The molecule has 0 radical (unpaired) electrons. The Balaban J connectivity index is 0.000000673. The molecule has 0 spiro atoms. The highest BCUT2D eigenvalue weighted by atomic mass is 16.6. The molecule has 0 saturated heterocycles. The van der Waals surface area contributed by atoms with E-state index >= 15 is 0 Å². The molecule has 0 atom stereocenters. The molecule has 0 bridgehead atoms.